The van der Waals surface area contributed by atoms with E-state index in [0.717, 1.165) is 18.4 Å². The van der Waals surface area contributed by atoms with E-state index in [0.29, 0.717) is 30.1 Å². The molecule has 1 atom stereocenters. The fourth-order valence-electron chi connectivity index (χ4n) is 3.56. The molecule has 5 nitrogen and oxygen atoms in total. The molecule has 2 aromatic carbocycles. The number of hydrogen-bond acceptors (Lipinski definition) is 3. The molecule has 0 bridgehead atoms. The van der Waals surface area contributed by atoms with Crippen LogP contribution in [0.4, 0.5) is 5.69 Å². The van der Waals surface area contributed by atoms with Crippen molar-refractivity contribution >= 4 is 21.6 Å². The maximum Gasteiger partial charge on any atom is 0.251 e. The smallest absolute Gasteiger partial charge is 0.251 e. The molecule has 1 fully saturated rings. The first kappa shape index (κ1) is 20.4. The fourth-order valence-corrected chi connectivity index (χ4v) is 5.19. The van der Waals surface area contributed by atoms with E-state index in [9.17, 15) is 13.2 Å². The zero-order valence-electron chi connectivity index (χ0n) is 16.5. The first-order valence-corrected chi connectivity index (χ1v) is 11.4. The highest BCUT2D eigenvalue weighted by molar-refractivity contribution is 7.92. The maximum absolute atomic E-state index is 12.9. The van der Waals surface area contributed by atoms with Gasteiger partial charge in [-0.3, -0.25) is 9.10 Å². The minimum atomic E-state index is -3.30. The summed E-state index contributed by atoms with van der Waals surface area (Å²) in [6, 6.07) is 16.7. The van der Waals surface area contributed by atoms with Crippen molar-refractivity contribution in [3.63, 3.8) is 0 Å². The minimum Gasteiger partial charge on any atom is -0.345 e. The molecular formula is C22H28N2O3S. The van der Waals surface area contributed by atoms with Gasteiger partial charge in [-0.1, -0.05) is 50.2 Å². The SMILES string of the molecule is CC(C)C[C@@H](NC(=O)c1cccc(N2CCCCS2(=O)=O)c1)c1ccccc1. The average Bonchev–Trinajstić information content (AvgIpc) is 2.67. The molecule has 1 N–H and O–H groups in total. The molecule has 1 amide bonds. The fraction of sp³-hybridized carbons (Fsp3) is 0.409. The molecule has 1 aliphatic heterocycles. The molecule has 6 heteroatoms. The number of nitrogens with one attached hydrogen (secondary N) is 1. The molecule has 1 heterocycles. The number of rotatable bonds is 6. The molecule has 0 aliphatic carbocycles. The van der Waals surface area contributed by atoms with Crippen LogP contribution in [0.1, 0.15) is 55.1 Å². The van der Waals surface area contributed by atoms with Gasteiger partial charge in [0.05, 0.1) is 17.5 Å². The second-order valence-electron chi connectivity index (χ2n) is 7.71. The highest BCUT2D eigenvalue weighted by Gasteiger charge is 2.26. The Morgan fingerprint density at radius 3 is 2.50 bits per heavy atom. The lowest BCUT2D eigenvalue weighted by molar-refractivity contribution is 0.0932. The summed E-state index contributed by atoms with van der Waals surface area (Å²) in [5.74, 6) is 0.398. The van der Waals surface area contributed by atoms with Gasteiger partial charge in [0.1, 0.15) is 0 Å². The third kappa shape index (κ3) is 4.93. The lowest BCUT2D eigenvalue weighted by atomic mass is 9.96. The number of anilines is 1. The molecule has 150 valence electrons. The Morgan fingerprint density at radius 1 is 1.07 bits per heavy atom. The van der Waals surface area contributed by atoms with E-state index < -0.39 is 10.0 Å². The van der Waals surface area contributed by atoms with Crippen LogP contribution in [0.5, 0.6) is 0 Å². The van der Waals surface area contributed by atoms with Crippen LogP contribution in [0.25, 0.3) is 0 Å². The van der Waals surface area contributed by atoms with Crippen molar-refractivity contribution in [3.05, 3.63) is 65.7 Å². The molecule has 0 radical (unpaired) electrons. The second-order valence-corrected chi connectivity index (χ2v) is 9.72. The summed E-state index contributed by atoms with van der Waals surface area (Å²) >= 11 is 0. The number of carbonyl (C=O) groups excluding carboxylic acids is 1. The third-order valence-corrected chi connectivity index (χ3v) is 6.83. The Kier molecular flexibility index (Phi) is 6.39. The molecule has 3 rings (SSSR count). The summed E-state index contributed by atoms with van der Waals surface area (Å²) in [6.07, 6.45) is 2.35. The Labute approximate surface area is 167 Å². The molecule has 0 unspecified atom stereocenters. The zero-order chi connectivity index (χ0) is 20.1. The topological polar surface area (TPSA) is 66.5 Å². The van der Waals surface area contributed by atoms with Crippen molar-refractivity contribution in [1.82, 2.24) is 5.32 Å². The van der Waals surface area contributed by atoms with Gasteiger partial charge in [0, 0.05) is 12.1 Å². The van der Waals surface area contributed by atoms with Crippen LogP contribution >= 0.6 is 0 Å². The predicted molar refractivity (Wildman–Crippen MR) is 113 cm³/mol. The Bertz CT molecular complexity index is 910. The maximum atomic E-state index is 12.9. The van der Waals surface area contributed by atoms with Gasteiger partial charge in [0.25, 0.3) is 5.91 Å². The van der Waals surface area contributed by atoms with Crippen LogP contribution in [-0.2, 0) is 10.0 Å². The van der Waals surface area contributed by atoms with Crippen molar-refractivity contribution in [3.8, 4) is 0 Å². The molecule has 0 spiro atoms. The molecule has 28 heavy (non-hydrogen) atoms. The van der Waals surface area contributed by atoms with Crippen molar-refractivity contribution in [2.75, 3.05) is 16.6 Å². The van der Waals surface area contributed by atoms with E-state index in [-0.39, 0.29) is 17.7 Å². The number of nitrogens with zero attached hydrogens (tertiary/aromatic N) is 1. The van der Waals surface area contributed by atoms with E-state index in [2.05, 4.69) is 19.2 Å². The van der Waals surface area contributed by atoms with E-state index in [4.69, 9.17) is 0 Å². The van der Waals surface area contributed by atoms with Crippen molar-refractivity contribution in [2.45, 2.75) is 39.2 Å². The lowest BCUT2D eigenvalue weighted by Gasteiger charge is -2.28. The van der Waals surface area contributed by atoms with Gasteiger partial charge in [-0.25, -0.2) is 8.42 Å². The standard InChI is InChI=1S/C22H28N2O3S/c1-17(2)15-21(18-9-4-3-5-10-18)23-22(25)19-11-8-12-20(16-19)24-13-6-7-14-28(24,26)27/h3-5,8-12,16-17,21H,6-7,13-15H2,1-2H3,(H,23,25)/t21-/m1/s1. The highest BCUT2D eigenvalue weighted by Crippen LogP contribution is 2.26. The summed E-state index contributed by atoms with van der Waals surface area (Å²) in [5.41, 5.74) is 2.11. The van der Waals surface area contributed by atoms with Crippen molar-refractivity contribution in [2.24, 2.45) is 5.92 Å². The Hall–Kier alpha value is -2.34. The quantitative estimate of drug-likeness (QED) is 0.793. The summed E-state index contributed by atoms with van der Waals surface area (Å²) in [6.45, 7) is 4.72. The number of amides is 1. The van der Waals surface area contributed by atoms with Crippen LogP contribution in [0.15, 0.2) is 54.6 Å². The normalized spacial score (nSPS) is 17.3. The predicted octanol–water partition coefficient (Wildman–Crippen LogP) is 4.13. The van der Waals surface area contributed by atoms with Gasteiger partial charge in [-0.05, 0) is 48.9 Å². The Balaban J connectivity index is 1.82. The second kappa shape index (κ2) is 8.78. The summed E-state index contributed by atoms with van der Waals surface area (Å²) < 4.78 is 26.2. The van der Waals surface area contributed by atoms with E-state index in [1.807, 2.05) is 30.3 Å². The van der Waals surface area contributed by atoms with Gasteiger partial charge in [0.15, 0.2) is 0 Å². The molecular weight excluding hydrogens is 372 g/mol. The third-order valence-electron chi connectivity index (χ3n) is 4.96. The Morgan fingerprint density at radius 2 is 1.82 bits per heavy atom. The largest absolute Gasteiger partial charge is 0.345 e. The van der Waals surface area contributed by atoms with Gasteiger partial charge >= 0.3 is 0 Å². The summed E-state index contributed by atoms with van der Waals surface area (Å²) in [4.78, 5) is 12.9. The molecule has 0 saturated carbocycles. The lowest BCUT2D eigenvalue weighted by Crippen LogP contribution is -2.38. The number of sulfonamides is 1. The van der Waals surface area contributed by atoms with E-state index >= 15 is 0 Å². The van der Waals surface area contributed by atoms with E-state index in [1.54, 1.807) is 24.3 Å². The molecule has 0 aromatic heterocycles. The van der Waals surface area contributed by atoms with Crippen LogP contribution in [-0.4, -0.2) is 26.6 Å². The van der Waals surface area contributed by atoms with Gasteiger partial charge in [0.2, 0.25) is 10.0 Å². The number of carbonyl (C=O) groups is 1. The summed E-state index contributed by atoms with van der Waals surface area (Å²) in [5, 5.41) is 3.12. The summed E-state index contributed by atoms with van der Waals surface area (Å²) in [7, 11) is -3.30. The monoisotopic (exact) mass is 400 g/mol. The van der Waals surface area contributed by atoms with Gasteiger partial charge in [-0.15, -0.1) is 0 Å². The number of benzene rings is 2. The molecule has 1 saturated heterocycles. The molecule has 2 aromatic rings. The minimum absolute atomic E-state index is 0.0870. The van der Waals surface area contributed by atoms with Crippen LogP contribution in [0, 0.1) is 5.92 Å². The van der Waals surface area contributed by atoms with Crippen molar-refractivity contribution < 1.29 is 13.2 Å². The molecule has 1 aliphatic rings. The van der Waals surface area contributed by atoms with Gasteiger partial charge in [-0.2, -0.15) is 0 Å². The first-order valence-electron chi connectivity index (χ1n) is 9.83. The van der Waals surface area contributed by atoms with Crippen molar-refractivity contribution in [1.29, 1.82) is 0 Å². The van der Waals surface area contributed by atoms with Gasteiger partial charge < -0.3 is 5.32 Å². The first-order chi connectivity index (χ1) is 13.4. The average molecular weight is 401 g/mol. The highest BCUT2D eigenvalue weighted by atomic mass is 32.2. The zero-order valence-corrected chi connectivity index (χ0v) is 17.3. The number of hydrogen-bond donors (Lipinski definition) is 1. The van der Waals surface area contributed by atoms with Crippen LogP contribution < -0.4 is 9.62 Å². The van der Waals surface area contributed by atoms with Crippen LogP contribution in [0.2, 0.25) is 0 Å². The van der Waals surface area contributed by atoms with E-state index in [1.165, 1.54) is 4.31 Å². The van der Waals surface area contributed by atoms with Crippen LogP contribution in [0.3, 0.4) is 0 Å².